The smallest absolute Gasteiger partial charge is 0.242 e. The van der Waals surface area contributed by atoms with Crippen LogP contribution in [0.3, 0.4) is 0 Å². The first-order valence-electron chi connectivity index (χ1n) is 9.71. The van der Waals surface area contributed by atoms with Gasteiger partial charge in [-0.15, -0.1) is 0 Å². The summed E-state index contributed by atoms with van der Waals surface area (Å²) < 4.78 is 13.8. The summed E-state index contributed by atoms with van der Waals surface area (Å²) in [6.07, 6.45) is 2.18. The van der Waals surface area contributed by atoms with Crippen molar-refractivity contribution < 1.29 is 14.0 Å². The Balaban J connectivity index is 1.52. The van der Waals surface area contributed by atoms with Crippen molar-refractivity contribution in [2.45, 2.75) is 37.5 Å². The Kier molecular flexibility index (Phi) is 5.67. The molecule has 2 fully saturated rings. The van der Waals surface area contributed by atoms with Gasteiger partial charge in [-0.2, -0.15) is 0 Å². The molecule has 150 valence electrons. The molecule has 5 nitrogen and oxygen atoms in total. The molecule has 0 unspecified atom stereocenters. The van der Waals surface area contributed by atoms with Gasteiger partial charge in [0, 0.05) is 12.5 Å². The predicted octanol–water partition coefficient (Wildman–Crippen LogP) is 4.58. The van der Waals surface area contributed by atoms with E-state index in [1.807, 2.05) is 37.3 Å². The van der Waals surface area contributed by atoms with E-state index in [-0.39, 0.29) is 30.0 Å². The molecule has 1 saturated heterocycles. The summed E-state index contributed by atoms with van der Waals surface area (Å²) in [7, 11) is 0. The molecule has 2 atom stereocenters. The van der Waals surface area contributed by atoms with Crippen LogP contribution in [-0.4, -0.2) is 33.2 Å². The van der Waals surface area contributed by atoms with Crippen LogP contribution in [0.25, 0.3) is 0 Å². The van der Waals surface area contributed by atoms with E-state index in [0.29, 0.717) is 11.1 Å². The van der Waals surface area contributed by atoms with E-state index in [9.17, 15) is 14.0 Å². The van der Waals surface area contributed by atoms with Gasteiger partial charge in [0.1, 0.15) is 11.1 Å². The number of nitrogens with zero attached hydrogens (tertiary/aromatic N) is 2. The minimum atomic E-state index is -0.564. The number of carbonyl (C=O) groups excluding carboxylic acids is 2. The molecule has 1 N–H and O–H groups in total. The van der Waals surface area contributed by atoms with Gasteiger partial charge in [0.25, 0.3) is 0 Å². The van der Waals surface area contributed by atoms with Gasteiger partial charge in [-0.3, -0.25) is 14.5 Å². The summed E-state index contributed by atoms with van der Waals surface area (Å²) >= 11 is 1.31. The zero-order chi connectivity index (χ0) is 20.4. The number of amides is 2. The van der Waals surface area contributed by atoms with E-state index in [2.05, 4.69) is 10.3 Å². The third kappa shape index (κ3) is 4.50. The number of benzene rings is 2. The number of para-hydroxylation sites is 2. The fraction of sp³-hybridized carbons (Fsp3) is 0.318. The third-order valence-electron chi connectivity index (χ3n) is 5.18. The van der Waals surface area contributed by atoms with Gasteiger partial charge in [-0.1, -0.05) is 42.1 Å². The topological polar surface area (TPSA) is 61.8 Å². The van der Waals surface area contributed by atoms with Crippen molar-refractivity contribution in [3.8, 4) is 0 Å². The molecule has 2 aromatic rings. The van der Waals surface area contributed by atoms with E-state index in [1.165, 1.54) is 23.9 Å². The lowest BCUT2D eigenvalue weighted by Gasteiger charge is -2.24. The van der Waals surface area contributed by atoms with Crippen molar-refractivity contribution in [1.29, 1.82) is 0 Å². The first kappa shape index (κ1) is 19.6. The average Bonchev–Trinajstić information content (AvgIpc) is 3.51. The second-order valence-electron chi connectivity index (χ2n) is 7.35. The molecule has 7 heteroatoms. The molecule has 2 amide bonds. The number of rotatable bonds is 6. The Hall–Kier alpha value is -2.67. The lowest BCUT2D eigenvalue weighted by Crippen LogP contribution is -2.41. The summed E-state index contributed by atoms with van der Waals surface area (Å²) in [6, 6.07) is 15.5. The normalized spacial score (nSPS) is 21.4. The van der Waals surface area contributed by atoms with E-state index in [4.69, 9.17) is 0 Å². The third-order valence-corrected chi connectivity index (χ3v) is 6.33. The fourth-order valence-corrected chi connectivity index (χ4v) is 4.63. The van der Waals surface area contributed by atoms with Crippen LogP contribution >= 0.6 is 11.8 Å². The Morgan fingerprint density at radius 2 is 1.90 bits per heavy atom. The minimum Gasteiger partial charge on any atom is -0.324 e. The molecule has 4 rings (SSSR count). The maximum atomic E-state index is 13.8. The van der Waals surface area contributed by atoms with E-state index >= 15 is 0 Å². The van der Waals surface area contributed by atoms with E-state index in [0.717, 1.165) is 18.5 Å². The number of thioether (sulfide) groups is 1. The van der Waals surface area contributed by atoms with Gasteiger partial charge in [0.15, 0.2) is 5.17 Å². The molecule has 1 aliphatic carbocycles. The maximum Gasteiger partial charge on any atom is 0.242 e. The predicted molar refractivity (Wildman–Crippen MR) is 114 cm³/mol. The Morgan fingerprint density at radius 3 is 2.59 bits per heavy atom. The molecule has 0 radical (unpaired) electrons. The zero-order valence-corrected chi connectivity index (χ0v) is 16.9. The molecule has 1 heterocycles. The van der Waals surface area contributed by atoms with Crippen LogP contribution in [0.4, 0.5) is 15.8 Å². The van der Waals surface area contributed by atoms with Gasteiger partial charge < -0.3 is 5.32 Å². The number of amidine groups is 1. The van der Waals surface area contributed by atoms with Crippen LogP contribution < -0.4 is 5.32 Å². The van der Waals surface area contributed by atoms with Crippen molar-refractivity contribution in [1.82, 2.24) is 4.90 Å². The summed E-state index contributed by atoms with van der Waals surface area (Å²) in [6.45, 7) is 2.04. The molecule has 1 saturated carbocycles. The number of carbonyl (C=O) groups is 2. The summed E-state index contributed by atoms with van der Waals surface area (Å²) in [5.41, 5.74) is 0.890. The Morgan fingerprint density at radius 1 is 1.21 bits per heavy atom. The zero-order valence-electron chi connectivity index (χ0n) is 16.0. The van der Waals surface area contributed by atoms with Crippen molar-refractivity contribution in [2.75, 3.05) is 5.32 Å². The lowest BCUT2D eigenvalue weighted by atomic mass is 10.1. The number of hydrogen-bond donors (Lipinski definition) is 1. The first-order chi connectivity index (χ1) is 14.0. The van der Waals surface area contributed by atoms with Gasteiger partial charge in [-0.05, 0) is 49.9 Å². The highest BCUT2D eigenvalue weighted by Gasteiger charge is 2.45. The SMILES string of the molecule is C[C@H](C1CC1)N1C(=O)[C@H](CC(=O)Nc2ccccc2F)SC1=Nc1ccccc1. The minimum absolute atomic E-state index is 0.0282. The van der Waals surface area contributed by atoms with Crippen molar-refractivity contribution >= 4 is 40.1 Å². The highest BCUT2D eigenvalue weighted by atomic mass is 32.2. The molecular weight excluding hydrogens is 389 g/mol. The monoisotopic (exact) mass is 411 g/mol. The molecule has 0 bridgehead atoms. The Bertz CT molecular complexity index is 946. The molecular formula is C22H22FN3O2S. The second kappa shape index (κ2) is 8.37. The number of halogens is 1. The average molecular weight is 412 g/mol. The van der Waals surface area contributed by atoms with Gasteiger partial charge in [0.2, 0.25) is 11.8 Å². The highest BCUT2D eigenvalue weighted by molar-refractivity contribution is 8.15. The van der Waals surface area contributed by atoms with Crippen LogP contribution in [0.5, 0.6) is 0 Å². The van der Waals surface area contributed by atoms with Crippen LogP contribution in [0, 0.1) is 11.7 Å². The molecule has 1 aliphatic heterocycles. The van der Waals surface area contributed by atoms with Crippen LogP contribution in [-0.2, 0) is 9.59 Å². The molecule has 0 aromatic heterocycles. The second-order valence-corrected chi connectivity index (χ2v) is 8.52. The molecule has 2 aliphatic rings. The largest absolute Gasteiger partial charge is 0.324 e. The highest BCUT2D eigenvalue weighted by Crippen LogP contribution is 2.41. The van der Waals surface area contributed by atoms with Crippen molar-refractivity contribution in [2.24, 2.45) is 10.9 Å². The fourth-order valence-electron chi connectivity index (χ4n) is 3.40. The standard InChI is InChI=1S/C22H22FN3O2S/c1-14(15-11-12-15)26-21(28)19(29-22(26)24-16-7-3-2-4-8-16)13-20(27)25-18-10-6-5-9-17(18)23/h2-10,14-15,19H,11-13H2,1H3,(H,25,27)/t14-,19+/m1/s1. The number of hydrogen-bond acceptors (Lipinski definition) is 4. The van der Waals surface area contributed by atoms with Gasteiger partial charge in [0.05, 0.1) is 11.4 Å². The number of anilines is 1. The summed E-state index contributed by atoms with van der Waals surface area (Å²) in [5.74, 6) is -0.512. The first-order valence-corrected chi connectivity index (χ1v) is 10.6. The molecule has 2 aromatic carbocycles. The summed E-state index contributed by atoms with van der Waals surface area (Å²) in [5, 5.41) is 2.63. The number of nitrogens with one attached hydrogen (secondary N) is 1. The number of aliphatic imine (C=N–C) groups is 1. The quantitative estimate of drug-likeness (QED) is 0.757. The molecule has 29 heavy (non-hydrogen) atoms. The lowest BCUT2D eigenvalue weighted by molar-refractivity contribution is -0.129. The Labute approximate surface area is 173 Å². The summed E-state index contributed by atoms with van der Waals surface area (Å²) in [4.78, 5) is 32.0. The maximum absolute atomic E-state index is 13.8. The molecule has 0 spiro atoms. The van der Waals surface area contributed by atoms with Crippen LogP contribution in [0.2, 0.25) is 0 Å². The van der Waals surface area contributed by atoms with Gasteiger partial charge in [-0.25, -0.2) is 9.38 Å². The van der Waals surface area contributed by atoms with Crippen molar-refractivity contribution in [3.63, 3.8) is 0 Å². The van der Waals surface area contributed by atoms with Crippen molar-refractivity contribution in [3.05, 3.63) is 60.4 Å². The van der Waals surface area contributed by atoms with Crippen LogP contribution in [0.15, 0.2) is 59.6 Å². The van der Waals surface area contributed by atoms with E-state index in [1.54, 1.807) is 17.0 Å². The van der Waals surface area contributed by atoms with Crippen LogP contribution in [0.1, 0.15) is 26.2 Å². The van der Waals surface area contributed by atoms with Gasteiger partial charge >= 0.3 is 0 Å². The van der Waals surface area contributed by atoms with E-state index < -0.39 is 11.1 Å².